The molecule has 0 bridgehead atoms. The molecule has 0 radical (unpaired) electrons. The van der Waals surface area contributed by atoms with Crippen molar-refractivity contribution in [3.8, 4) is 0 Å². The Kier molecular flexibility index (Phi) is 5.07. The van der Waals surface area contributed by atoms with Crippen LogP contribution in [-0.2, 0) is 0 Å². The number of hydrogen-bond donors (Lipinski definition) is 1. The lowest BCUT2D eigenvalue weighted by atomic mass is 9.99. The first-order valence-electron chi connectivity index (χ1n) is 8.53. The minimum atomic E-state index is -0.0516. The molecular formula is C19H22N4O2. The normalized spacial score (nSPS) is 15.0. The summed E-state index contributed by atoms with van der Waals surface area (Å²) < 4.78 is 0. The van der Waals surface area contributed by atoms with E-state index in [1.807, 2.05) is 4.90 Å². The van der Waals surface area contributed by atoms with Crippen molar-refractivity contribution in [2.75, 3.05) is 18.4 Å². The van der Waals surface area contributed by atoms with E-state index in [9.17, 15) is 9.59 Å². The minimum Gasteiger partial charge on any atom is -0.337 e. The number of ketones is 1. The van der Waals surface area contributed by atoms with Crippen molar-refractivity contribution in [3.05, 3.63) is 47.8 Å². The molecule has 0 aliphatic carbocycles. The summed E-state index contributed by atoms with van der Waals surface area (Å²) in [6.45, 7) is 5.30. The molecule has 1 aromatic carbocycles. The number of piperidine rings is 1. The van der Waals surface area contributed by atoms with E-state index >= 15 is 0 Å². The molecule has 1 aliphatic heterocycles. The quantitative estimate of drug-likeness (QED) is 0.866. The van der Waals surface area contributed by atoms with Crippen LogP contribution in [0.1, 0.15) is 47.5 Å². The van der Waals surface area contributed by atoms with Crippen molar-refractivity contribution in [2.24, 2.45) is 5.92 Å². The Morgan fingerprint density at radius 2 is 1.80 bits per heavy atom. The molecule has 1 amide bonds. The maximum Gasteiger partial charge on any atom is 0.272 e. The zero-order valence-electron chi connectivity index (χ0n) is 14.5. The number of benzene rings is 1. The van der Waals surface area contributed by atoms with Crippen LogP contribution in [0.2, 0.25) is 0 Å². The highest BCUT2D eigenvalue weighted by Gasteiger charge is 2.22. The van der Waals surface area contributed by atoms with Gasteiger partial charge in [0, 0.05) is 30.5 Å². The number of carbonyl (C=O) groups is 2. The third kappa shape index (κ3) is 4.21. The number of Topliss-reactive ketones (excluding diaryl/α,β-unsaturated/α-hetero) is 1. The Bertz CT molecular complexity index is 765. The summed E-state index contributed by atoms with van der Waals surface area (Å²) in [6, 6.07) is 8.72. The van der Waals surface area contributed by atoms with Crippen LogP contribution in [0.5, 0.6) is 0 Å². The van der Waals surface area contributed by atoms with Crippen LogP contribution in [0.4, 0.5) is 11.6 Å². The van der Waals surface area contributed by atoms with Crippen molar-refractivity contribution in [3.63, 3.8) is 0 Å². The Balaban J connectivity index is 1.70. The average Bonchev–Trinajstić information content (AvgIpc) is 2.62. The number of hydrogen-bond acceptors (Lipinski definition) is 5. The predicted molar refractivity (Wildman–Crippen MR) is 96.1 cm³/mol. The van der Waals surface area contributed by atoms with Crippen molar-refractivity contribution in [1.82, 2.24) is 14.9 Å². The summed E-state index contributed by atoms with van der Waals surface area (Å²) in [7, 11) is 0. The lowest BCUT2D eigenvalue weighted by Gasteiger charge is -2.30. The second kappa shape index (κ2) is 7.42. The van der Waals surface area contributed by atoms with Crippen LogP contribution >= 0.6 is 0 Å². The lowest BCUT2D eigenvalue weighted by Crippen LogP contribution is -2.38. The fraction of sp³-hybridized carbons (Fsp3) is 0.368. The Morgan fingerprint density at radius 1 is 1.12 bits per heavy atom. The van der Waals surface area contributed by atoms with Gasteiger partial charge >= 0.3 is 0 Å². The highest BCUT2D eigenvalue weighted by Crippen LogP contribution is 2.19. The van der Waals surface area contributed by atoms with Gasteiger partial charge in [-0.3, -0.25) is 9.59 Å². The SMILES string of the molecule is CC(=O)c1ccc(Nc2nccc(C(=O)N3CCC(C)CC3)n2)cc1. The average molecular weight is 338 g/mol. The first-order chi connectivity index (χ1) is 12.0. The number of nitrogens with zero attached hydrogens (tertiary/aromatic N) is 3. The van der Waals surface area contributed by atoms with E-state index in [4.69, 9.17) is 0 Å². The first kappa shape index (κ1) is 17.1. The fourth-order valence-electron chi connectivity index (χ4n) is 2.83. The van der Waals surface area contributed by atoms with Crippen molar-refractivity contribution >= 4 is 23.3 Å². The Morgan fingerprint density at radius 3 is 2.44 bits per heavy atom. The molecule has 1 saturated heterocycles. The van der Waals surface area contributed by atoms with E-state index in [2.05, 4.69) is 22.2 Å². The first-order valence-corrected chi connectivity index (χ1v) is 8.53. The molecule has 0 atom stereocenters. The molecule has 1 N–H and O–H groups in total. The molecule has 130 valence electrons. The number of likely N-dealkylation sites (tertiary alicyclic amines) is 1. The smallest absolute Gasteiger partial charge is 0.272 e. The second-order valence-electron chi connectivity index (χ2n) is 6.50. The van der Waals surface area contributed by atoms with Crippen LogP contribution in [0.3, 0.4) is 0 Å². The van der Waals surface area contributed by atoms with Gasteiger partial charge in [-0.05, 0) is 56.0 Å². The predicted octanol–water partition coefficient (Wildman–Crippen LogP) is 3.29. The maximum atomic E-state index is 12.6. The van der Waals surface area contributed by atoms with E-state index < -0.39 is 0 Å². The van der Waals surface area contributed by atoms with Crippen LogP contribution in [0.15, 0.2) is 36.5 Å². The van der Waals surface area contributed by atoms with Gasteiger partial charge in [-0.1, -0.05) is 6.92 Å². The van der Waals surface area contributed by atoms with E-state index in [1.165, 1.54) is 6.92 Å². The van der Waals surface area contributed by atoms with E-state index in [1.54, 1.807) is 36.5 Å². The van der Waals surface area contributed by atoms with Crippen LogP contribution in [0, 0.1) is 5.92 Å². The van der Waals surface area contributed by atoms with Gasteiger partial charge < -0.3 is 10.2 Å². The number of nitrogens with one attached hydrogen (secondary N) is 1. The van der Waals surface area contributed by atoms with Gasteiger partial charge in [0.1, 0.15) is 5.69 Å². The van der Waals surface area contributed by atoms with Crippen molar-refractivity contribution in [2.45, 2.75) is 26.7 Å². The Labute approximate surface area is 147 Å². The molecule has 6 nitrogen and oxygen atoms in total. The molecular weight excluding hydrogens is 316 g/mol. The summed E-state index contributed by atoms with van der Waals surface area (Å²) in [4.78, 5) is 34.3. The minimum absolute atomic E-state index is 0.0197. The highest BCUT2D eigenvalue weighted by molar-refractivity contribution is 5.94. The molecule has 1 aliphatic rings. The molecule has 0 saturated carbocycles. The summed E-state index contributed by atoms with van der Waals surface area (Å²) in [6.07, 6.45) is 3.65. The van der Waals surface area contributed by atoms with Crippen LogP contribution in [0.25, 0.3) is 0 Å². The van der Waals surface area contributed by atoms with Gasteiger partial charge in [-0.15, -0.1) is 0 Å². The van der Waals surface area contributed by atoms with Gasteiger partial charge in [0.2, 0.25) is 5.95 Å². The second-order valence-corrected chi connectivity index (χ2v) is 6.50. The van der Waals surface area contributed by atoms with Gasteiger partial charge in [-0.2, -0.15) is 0 Å². The van der Waals surface area contributed by atoms with E-state index in [-0.39, 0.29) is 11.7 Å². The molecule has 2 heterocycles. The van der Waals surface area contributed by atoms with Crippen molar-refractivity contribution in [1.29, 1.82) is 0 Å². The van der Waals surface area contributed by atoms with Crippen LogP contribution in [-0.4, -0.2) is 39.6 Å². The molecule has 3 rings (SSSR count). The molecule has 1 fully saturated rings. The summed E-state index contributed by atoms with van der Waals surface area (Å²) in [5, 5.41) is 3.07. The van der Waals surface area contributed by atoms with Gasteiger partial charge in [0.25, 0.3) is 5.91 Å². The van der Waals surface area contributed by atoms with Gasteiger partial charge in [0.15, 0.2) is 5.78 Å². The number of amides is 1. The third-order valence-electron chi connectivity index (χ3n) is 4.49. The molecule has 25 heavy (non-hydrogen) atoms. The van der Waals surface area contributed by atoms with E-state index in [0.29, 0.717) is 23.1 Å². The maximum absolute atomic E-state index is 12.6. The van der Waals surface area contributed by atoms with Crippen molar-refractivity contribution < 1.29 is 9.59 Å². The molecule has 6 heteroatoms. The molecule has 1 aromatic heterocycles. The molecule has 0 unspecified atom stereocenters. The Hall–Kier alpha value is -2.76. The molecule has 0 spiro atoms. The number of carbonyl (C=O) groups excluding carboxylic acids is 2. The molecule has 2 aromatic rings. The van der Waals surface area contributed by atoms with E-state index in [0.717, 1.165) is 31.6 Å². The topological polar surface area (TPSA) is 75.2 Å². The lowest BCUT2D eigenvalue weighted by molar-refractivity contribution is 0.0691. The van der Waals surface area contributed by atoms with Gasteiger partial charge in [-0.25, -0.2) is 9.97 Å². The standard InChI is InChI=1S/C19H22N4O2/c1-13-8-11-23(12-9-13)18(25)17-7-10-20-19(22-17)21-16-5-3-15(4-6-16)14(2)24/h3-7,10,13H,8-9,11-12H2,1-2H3,(H,20,21,22). The number of anilines is 2. The highest BCUT2D eigenvalue weighted by atomic mass is 16.2. The zero-order chi connectivity index (χ0) is 17.8. The van der Waals surface area contributed by atoms with Gasteiger partial charge in [0.05, 0.1) is 0 Å². The monoisotopic (exact) mass is 338 g/mol. The number of aromatic nitrogens is 2. The fourth-order valence-corrected chi connectivity index (χ4v) is 2.83. The summed E-state index contributed by atoms with van der Waals surface area (Å²) >= 11 is 0. The number of rotatable bonds is 4. The summed E-state index contributed by atoms with van der Waals surface area (Å²) in [5.41, 5.74) is 1.81. The third-order valence-corrected chi connectivity index (χ3v) is 4.49. The largest absolute Gasteiger partial charge is 0.337 e. The zero-order valence-corrected chi connectivity index (χ0v) is 14.5. The summed E-state index contributed by atoms with van der Waals surface area (Å²) in [5.74, 6) is 1.01. The van der Waals surface area contributed by atoms with Crippen LogP contribution < -0.4 is 5.32 Å².